The van der Waals surface area contributed by atoms with Crippen LogP contribution < -0.4 is 5.73 Å². The smallest absolute Gasteiger partial charge is 0.404 e. The van der Waals surface area contributed by atoms with Crippen molar-refractivity contribution in [2.75, 3.05) is 19.6 Å². The predicted octanol–water partition coefficient (Wildman–Crippen LogP) is 2.13. The van der Waals surface area contributed by atoms with Gasteiger partial charge in [0.1, 0.15) is 6.10 Å². The summed E-state index contributed by atoms with van der Waals surface area (Å²) in [6.45, 7) is 5.91. The van der Waals surface area contributed by atoms with E-state index in [4.69, 9.17) is 10.5 Å². The van der Waals surface area contributed by atoms with E-state index < -0.39 is 6.09 Å². The normalized spacial score (nSPS) is 24.5. The third-order valence-electron chi connectivity index (χ3n) is 4.35. The average Bonchev–Trinajstić information content (AvgIpc) is 2.25. The Balaban J connectivity index is 1.68. The van der Waals surface area contributed by atoms with Crippen LogP contribution in [0.15, 0.2) is 0 Å². The summed E-state index contributed by atoms with van der Waals surface area (Å²) in [5, 5.41) is 0. The summed E-state index contributed by atoms with van der Waals surface area (Å²) in [7, 11) is 0. The predicted molar refractivity (Wildman–Crippen MR) is 66.7 cm³/mol. The van der Waals surface area contributed by atoms with Crippen LogP contribution in [0, 0.1) is 5.41 Å². The molecular weight excluding hydrogens is 216 g/mol. The highest BCUT2D eigenvalue weighted by Gasteiger charge is 2.47. The van der Waals surface area contributed by atoms with E-state index in [0.29, 0.717) is 5.41 Å². The number of primary amides is 1. The van der Waals surface area contributed by atoms with Gasteiger partial charge in [0.15, 0.2) is 0 Å². The van der Waals surface area contributed by atoms with E-state index in [0.717, 1.165) is 12.8 Å². The van der Waals surface area contributed by atoms with Crippen molar-refractivity contribution in [2.45, 2.75) is 51.6 Å². The number of carbonyl (C=O) groups is 1. The third-order valence-corrected chi connectivity index (χ3v) is 4.35. The van der Waals surface area contributed by atoms with Crippen molar-refractivity contribution in [3.05, 3.63) is 0 Å². The molecule has 1 saturated heterocycles. The Bertz CT molecular complexity index is 265. The van der Waals surface area contributed by atoms with Gasteiger partial charge in [-0.15, -0.1) is 0 Å². The molecule has 2 aliphatic rings. The lowest BCUT2D eigenvalue weighted by Gasteiger charge is -2.51. The molecule has 0 unspecified atom stereocenters. The molecule has 0 aromatic heterocycles. The fourth-order valence-corrected chi connectivity index (χ4v) is 3.19. The highest BCUT2D eigenvalue weighted by atomic mass is 16.6. The lowest BCUT2D eigenvalue weighted by molar-refractivity contribution is -0.0715. The fraction of sp³-hybridized carbons (Fsp3) is 0.923. The average molecular weight is 240 g/mol. The minimum absolute atomic E-state index is 0.0923. The molecule has 0 radical (unpaired) electrons. The molecule has 1 saturated carbocycles. The molecule has 1 heterocycles. The zero-order chi connectivity index (χ0) is 12.3. The van der Waals surface area contributed by atoms with Crippen LogP contribution in [0.1, 0.15) is 45.4 Å². The second-order valence-corrected chi connectivity index (χ2v) is 5.66. The molecule has 98 valence electrons. The second kappa shape index (κ2) is 5.25. The molecular formula is C13H24N2O2. The molecule has 2 N–H and O–H groups in total. The Labute approximate surface area is 103 Å². The minimum Gasteiger partial charge on any atom is -0.446 e. The second-order valence-electron chi connectivity index (χ2n) is 5.66. The molecule has 0 atom stereocenters. The first-order valence-electron chi connectivity index (χ1n) is 6.82. The van der Waals surface area contributed by atoms with E-state index in [-0.39, 0.29) is 6.10 Å². The Morgan fingerprint density at radius 2 is 2.06 bits per heavy atom. The van der Waals surface area contributed by atoms with Gasteiger partial charge in [-0.1, -0.05) is 13.3 Å². The van der Waals surface area contributed by atoms with Gasteiger partial charge in [-0.05, 0) is 57.2 Å². The molecule has 0 bridgehead atoms. The van der Waals surface area contributed by atoms with Crippen LogP contribution in [0.5, 0.6) is 0 Å². The number of unbranched alkanes of at least 4 members (excludes halogenated alkanes) is 1. The molecule has 2 fully saturated rings. The summed E-state index contributed by atoms with van der Waals surface area (Å²) < 4.78 is 5.03. The Morgan fingerprint density at radius 1 is 1.41 bits per heavy atom. The van der Waals surface area contributed by atoms with Crippen molar-refractivity contribution in [1.29, 1.82) is 0 Å². The lowest BCUT2D eigenvalue weighted by atomic mass is 9.61. The summed E-state index contributed by atoms with van der Waals surface area (Å²) in [5.74, 6) is 0. The van der Waals surface area contributed by atoms with Gasteiger partial charge >= 0.3 is 6.09 Å². The summed E-state index contributed by atoms with van der Waals surface area (Å²) >= 11 is 0. The van der Waals surface area contributed by atoms with Crippen molar-refractivity contribution >= 4 is 6.09 Å². The molecule has 2 rings (SSSR count). The molecule has 1 aliphatic heterocycles. The lowest BCUT2D eigenvalue weighted by Crippen LogP contribution is -2.50. The number of rotatable bonds is 4. The maximum absolute atomic E-state index is 10.6. The number of ether oxygens (including phenoxy) is 1. The van der Waals surface area contributed by atoms with Gasteiger partial charge in [-0.3, -0.25) is 0 Å². The van der Waals surface area contributed by atoms with E-state index in [1.165, 1.54) is 45.3 Å². The number of piperidine rings is 1. The SMILES string of the molecule is CCCCN1CCC2(CC1)CC(OC(N)=O)C2. The zero-order valence-corrected chi connectivity index (χ0v) is 10.8. The largest absolute Gasteiger partial charge is 0.446 e. The summed E-state index contributed by atoms with van der Waals surface area (Å²) in [4.78, 5) is 13.2. The van der Waals surface area contributed by atoms with Gasteiger partial charge in [0.25, 0.3) is 0 Å². The molecule has 4 nitrogen and oxygen atoms in total. The van der Waals surface area contributed by atoms with E-state index in [2.05, 4.69) is 11.8 Å². The summed E-state index contributed by atoms with van der Waals surface area (Å²) in [6, 6.07) is 0. The van der Waals surface area contributed by atoms with Crippen LogP contribution in [-0.2, 0) is 4.74 Å². The van der Waals surface area contributed by atoms with Crippen LogP contribution in [0.2, 0.25) is 0 Å². The molecule has 1 amide bonds. The summed E-state index contributed by atoms with van der Waals surface area (Å²) in [5.41, 5.74) is 5.49. The highest BCUT2D eigenvalue weighted by Crippen LogP contribution is 2.50. The maximum atomic E-state index is 10.6. The standard InChI is InChI=1S/C13H24N2O2/c1-2-3-6-15-7-4-13(5-8-15)9-11(10-13)17-12(14)16/h11H,2-10H2,1H3,(H2,14,16). The molecule has 17 heavy (non-hydrogen) atoms. The first-order valence-corrected chi connectivity index (χ1v) is 6.82. The Hall–Kier alpha value is -0.770. The van der Waals surface area contributed by atoms with E-state index in [1.54, 1.807) is 0 Å². The maximum Gasteiger partial charge on any atom is 0.404 e. The van der Waals surface area contributed by atoms with Gasteiger partial charge < -0.3 is 15.4 Å². The number of hydrogen-bond donors (Lipinski definition) is 1. The van der Waals surface area contributed by atoms with E-state index in [9.17, 15) is 4.79 Å². The number of nitrogens with zero attached hydrogens (tertiary/aromatic N) is 1. The monoisotopic (exact) mass is 240 g/mol. The van der Waals surface area contributed by atoms with E-state index in [1.807, 2.05) is 0 Å². The van der Waals surface area contributed by atoms with Crippen LogP contribution in [0.4, 0.5) is 4.79 Å². The molecule has 0 aromatic rings. The first kappa shape index (κ1) is 12.7. The van der Waals surface area contributed by atoms with Crippen LogP contribution >= 0.6 is 0 Å². The minimum atomic E-state index is -0.620. The Kier molecular flexibility index (Phi) is 3.92. The van der Waals surface area contributed by atoms with Gasteiger partial charge in [0, 0.05) is 0 Å². The van der Waals surface area contributed by atoms with Gasteiger partial charge in [0.2, 0.25) is 0 Å². The van der Waals surface area contributed by atoms with Crippen molar-refractivity contribution < 1.29 is 9.53 Å². The van der Waals surface area contributed by atoms with Crippen molar-refractivity contribution in [3.8, 4) is 0 Å². The number of nitrogens with two attached hydrogens (primary N) is 1. The summed E-state index contributed by atoms with van der Waals surface area (Å²) in [6.07, 6.45) is 6.62. The van der Waals surface area contributed by atoms with Gasteiger partial charge in [-0.2, -0.15) is 0 Å². The zero-order valence-electron chi connectivity index (χ0n) is 10.8. The van der Waals surface area contributed by atoms with Crippen molar-refractivity contribution in [3.63, 3.8) is 0 Å². The first-order chi connectivity index (χ1) is 8.13. The van der Waals surface area contributed by atoms with Crippen molar-refractivity contribution in [1.82, 2.24) is 4.90 Å². The van der Waals surface area contributed by atoms with Crippen LogP contribution in [-0.4, -0.2) is 36.7 Å². The Morgan fingerprint density at radius 3 is 2.59 bits per heavy atom. The van der Waals surface area contributed by atoms with Crippen LogP contribution in [0.3, 0.4) is 0 Å². The molecule has 4 heteroatoms. The quantitative estimate of drug-likeness (QED) is 0.819. The molecule has 1 aliphatic carbocycles. The number of likely N-dealkylation sites (tertiary alicyclic amines) is 1. The van der Waals surface area contributed by atoms with Gasteiger partial charge in [0.05, 0.1) is 0 Å². The number of hydrogen-bond acceptors (Lipinski definition) is 3. The third kappa shape index (κ3) is 3.12. The number of amides is 1. The molecule has 1 spiro atoms. The topological polar surface area (TPSA) is 55.6 Å². The number of carbonyl (C=O) groups excluding carboxylic acids is 1. The van der Waals surface area contributed by atoms with Crippen LogP contribution in [0.25, 0.3) is 0 Å². The fourth-order valence-electron chi connectivity index (χ4n) is 3.19. The highest BCUT2D eigenvalue weighted by molar-refractivity contribution is 5.64. The van der Waals surface area contributed by atoms with Crippen molar-refractivity contribution in [2.24, 2.45) is 11.1 Å². The van der Waals surface area contributed by atoms with E-state index >= 15 is 0 Å². The van der Waals surface area contributed by atoms with Gasteiger partial charge in [-0.25, -0.2) is 4.79 Å². The molecule has 0 aromatic carbocycles.